The summed E-state index contributed by atoms with van der Waals surface area (Å²) in [6.45, 7) is -0.0338. The van der Waals surface area contributed by atoms with E-state index in [1.54, 1.807) is 12.1 Å². The first kappa shape index (κ1) is 15.9. The maximum Gasteiger partial charge on any atom is 0.326 e. The predicted octanol–water partition coefficient (Wildman–Crippen LogP) is -0.522. The molecule has 0 saturated carbocycles. The summed E-state index contributed by atoms with van der Waals surface area (Å²) in [5.41, 5.74) is 6.02. The molecule has 7 heteroatoms. The number of hydrogen-bond acceptors (Lipinski definition) is 5. The van der Waals surface area contributed by atoms with Gasteiger partial charge in [-0.15, -0.1) is 0 Å². The van der Waals surface area contributed by atoms with Gasteiger partial charge >= 0.3 is 5.97 Å². The molecule has 0 aromatic heterocycles. The van der Waals surface area contributed by atoms with Crippen molar-refractivity contribution >= 4 is 11.9 Å². The highest BCUT2D eigenvalue weighted by Crippen LogP contribution is 2.11. The Balaban J connectivity index is 2.72. The number of carboxylic acids is 1. The van der Waals surface area contributed by atoms with Crippen LogP contribution in [0.25, 0.3) is 0 Å². The number of nitrogens with one attached hydrogen (secondary N) is 1. The Kier molecular flexibility index (Phi) is 5.95. The summed E-state index contributed by atoms with van der Waals surface area (Å²) in [6, 6.07) is 5.00. The zero-order valence-electron chi connectivity index (χ0n) is 11.1. The molecule has 5 N–H and O–H groups in total. The minimum absolute atomic E-state index is 0.0338. The molecule has 0 aliphatic carbocycles. The smallest absolute Gasteiger partial charge is 0.326 e. The third-order valence-electron chi connectivity index (χ3n) is 2.78. The molecule has 1 aromatic rings. The van der Waals surface area contributed by atoms with E-state index in [1.807, 2.05) is 0 Å². The summed E-state index contributed by atoms with van der Waals surface area (Å²) in [4.78, 5) is 22.9. The zero-order chi connectivity index (χ0) is 15.1. The average Bonchev–Trinajstić information content (AvgIpc) is 2.41. The predicted molar refractivity (Wildman–Crippen MR) is 71.2 cm³/mol. The lowest BCUT2D eigenvalue weighted by Gasteiger charge is -2.18. The fraction of sp³-hybridized carbons (Fsp3) is 0.385. The number of aliphatic carboxylic acids is 1. The Morgan fingerprint density at radius 3 is 2.40 bits per heavy atom. The van der Waals surface area contributed by atoms with Crippen molar-refractivity contribution in [2.24, 2.45) is 5.73 Å². The van der Waals surface area contributed by atoms with Crippen LogP contribution in [-0.4, -0.2) is 47.9 Å². The fourth-order valence-corrected chi connectivity index (χ4v) is 1.64. The van der Waals surface area contributed by atoms with Gasteiger partial charge in [-0.1, -0.05) is 12.1 Å². The van der Waals surface area contributed by atoms with E-state index in [1.165, 1.54) is 19.2 Å². The van der Waals surface area contributed by atoms with E-state index in [0.29, 0.717) is 5.56 Å². The molecule has 0 saturated heterocycles. The van der Waals surface area contributed by atoms with Gasteiger partial charge in [-0.25, -0.2) is 4.79 Å². The van der Waals surface area contributed by atoms with E-state index < -0.39 is 24.0 Å². The molecule has 1 aromatic carbocycles. The number of carboxylic acid groups (broad SMARTS) is 1. The Hall–Kier alpha value is -2.12. The number of phenolic OH excluding ortho intramolecular Hbond substituents is 1. The van der Waals surface area contributed by atoms with Crippen LogP contribution in [0, 0.1) is 0 Å². The molecule has 20 heavy (non-hydrogen) atoms. The molecule has 1 amide bonds. The molecule has 0 spiro atoms. The third-order valence-corrected chi connectivity index (χ3v) is 2.78. The first-order chi connectivity index (χ1) is 9.47. The van der Waals surface area contributed by atoms with Gasteiger partial charge in [-0.05, 0) is 17.7 Å². The van der Waals surface area contributed by atoms with Crippen molar-refractivity contribution < 1.29 is 24.5 Å². The third kappa shape index (κ3) is 4.52. The van der Waals surface area contributed by atoms with Crippen molar-refractivity contribution in [3.63, 3.8) is 0 Å². The van der Waals surface area contributed by atoms with Crippen molar-refractivity contribution in [2.75, 3.05) is 13.7 Å². The van der Waals surface area contributed by atoms with E-state index in [0.717, 1.165) is 0 Å². The van der Waals surface area contributed by atoms with Crippen LogP contribution in [0.5, 0.6) is 5.75 Å². The summed E-state index contributed by atoms with van der Waals surface area (Å²) in [5, 5.41) is 20.7. The number of amides is 1. The molecule has 0 radical (unpaired) electrons. The first-order valence-electron chi connectivity index (χ1n) is 6.02. The summed E-state index contributed by atoms with van der Waals surface area (Å²) < 4.78 is 4.84. The molecule has 110 valence electrons. The minimum atomic E-state index is -1.15. The molecule has 0 aliphatic rings. The van der Waals surface area contributed by atoms with E-state index in [-0.39, 0.29) is 18.7 Å². The second kappa shape index (κ2) is 7.46. The molecule has 2 unspecified atom stereocenters. The van der Waals surface area contributed by atoms with Crippen LogP contribution in [-0.2, 0) is 20.7 Å². The Labute approximate surface area is 116 Å². The van der Waals surface area contributed by atoms with E-state index >= 15 is 0 Å². The van der Waals surface area contributed by atoms with Gasteiger partial charge in [0.2, 0.25) is 0 Å². The topological polar surface area (TPSA) is 122 Å². The Morgan fingerprint density at radius 1 is 1.35 bits per heavy atom. The molecule has 7 nitrogen and oxygen atoms in total. The number of benzene rings is 1. The van der Waals surface area contributed by atoms with Crippen LogP contribution in [0.3, 0.4) is 0 Å². The molecule has 0 bridgehead atoms. The molecule has 1 rings (SSSR count). The van der Waals surface area contributed by atoms with Gasteiger partial charge in [0.25, 0.3) is 5.91 Å². The SMILES string of the molecule is COC(CN)C(=O)NC(Cc1ccc(O)cc1)C(=O)O. The minimum Gasteiger partial charge on any atom is -0.508 e. The first-order valence-corrected chi connectivity index (χ1v) is 6.02. The summed E-state index contributed by atoms with van der Waals surface area (Å²) in [5.74, 6) is -1.63. The summed E-state index contributed by atoms with van der Waals surface area (Å²) in [7, 11) is 1.33. The van der Waals surface area contributed by atoms with Crippen molar-refractivity contribution in [1.82, 2.24) is 5.32 Å². The monoisotopic (exact) mass is 282 g/mol. The average molecular weight is 282 g/mol. The van der Waals surface area contributed by atoms with Crippen molar-refractivity contribution in [1.29, 1.82) is 0 Å². The van der Waals surface area contributed by atoms with Gasteiger partial charge in [0.15, 0.2) is 0 Å². The summed E-state index contributed by atoms with van der Waals surface area (Å²) in [6.07, 6.45) is -0.779. The number of hydrogen-bond donors (Lipinski definition) is 4. The summed E-state index contributed by atoms with van der Waals surface area (Å²) >= 11 is 0. The van der Waals surface area contributed by atoms with Crippen LogP contribution in [0.2, 0.25) is 0 Å². The van der Waals surface area contributed by atoms with Crippen molar-refractivity contribution in [3.05, 3.63) is 29.8 Å². The number of aromatic hydroxyl groups is 1. The molecule has 0 fully saturated rings. The van der Waals surface area contributed by atoms with Crippen molar-refractivity contribution in [3.8, 4) is 5.75 Å². The van der Waals surface area contributed by atoms with Crippen molar-refractivity contribution in [2.45, 2.75) is 18.6 Å². The molecular weight excluding hydrogens is 264 g/mol. The maximum atomic E-state index is 11.7. The van der Waals surface area contributed by atoms with Crippen LogP contribution in [0.4, 0.5) is 0 Å². The standard InChI is InChI=1S/C13H18N2O5/c1-20-11(7-14)12(17)15-10(13(18)19)6-8-2-4-9(16)5-3-8/h2-5,10-11,16H,6-7,14H2,1H3,(H,15,17)(H,18,19). The lowest BCUT2D eigenvalue weighted by atomic mass is 10.1. The van der Waals surface area contributed by atoms with Crippen LogP contribution < -0.4 is 11.1 Å². The van der Waals surface area contributed by atoms with Gasteiger partial charge in [0, 0.05) is 20.1 Å². The number of ether oxygens (including phenoxy) is 1. The number of nitrogens with two attached hydrogens (primary N) is 1. The lowest BCUT2D eigenvalue weighted by molar-refractivity contribution is -0.143. The van der Waals surface area contributed by atoms with Gasteiger partial charge in [-0.3, -0.25) is 4.79 Å². The maximum absolute atomic E-state index is 11.7. The second-order valence-electron chi connectivity index (χ2n) is 4.23. The quantitative estimate of drug-likeness (QED) is 0.533. The lowest BCUT2D eigenvalue weighted by Crippen LogP contribution is -2.49. The molecule has 0 aliphatic heterocycles. The largest absolute Gasteiger partial charge is 0.508 e. The van der Waals surface area contributed by atoms with Crippen LogP contribution >= 0.6 is 0 Å². The van der Waals surface area contributed by atoms with Gasteiger partial charge in [0.1, 0.15) is 17.9 Å². The van der Waals surface area contributed by atoms with Crippen LogP contribution in [0.1, 0.15) is 5.56 Å². The highest BCUT2D eigenvalue weighted by Gasteiger charge is 2.24. The van der Waals surface area contributed by atoms with Gasteiger partial charge in [-0.2, -0.15) is 0 Å². The highest BCUT2D eigenvalue weighted by atomic mass is 16.5. The van der Waals surface area contributed by atoms with Gasteiger partial charge < -0.3 is 26.0 Å². The number of rotatable bonds is 7. The highest BCUT2D eigenvalue weighted by molar-refractivity contribution is 5.86. The Morgan fingerprint density at radius 2 is 1.95 bits per heavy atom. The molecular formula is C13H18N2O5. The van der Waals surface area contributed by atoms with Crippen LogP contribution in [0.15, 0.2) is 24.3 Å². The number of carbonyl (C=O) groups is 2. The number of methoxy groups -OCH3 is 1. The normalized spacial score (nSPS) is 13.5. The Bertz CT molecular complexity index is 456. The van der Waals surface area contributed by atoms with Gasteiger partial charge in [0.05, 0.1) is 0 Å². The fourth-order valence-electron chi connectivity index (χ4n) is 1.64. The van der Waals surface area contributed by atoms with E-state index in [4.69, 9.17) is 20.7 Å². The second-order valence-corrected chi connectivity index (χ2v) is 4.23. The van der Waals surface area contributed by atoms with E-state index in [2.05, 4.69) is 5.32 Å². The zero-order valence-corrected chi connectivity index (χ0v) is 11.1. The van der Waals surface area contributed by atoms with E-state index in [9.17, 15) is 9.59 Å². The molecule has 2 atom stereocenters. The molecule has 0 heterocycles. The number of carbonyl (C=O) groups excluding carboxylic acids is 1. The number of phenols is 1.